The lowest BCUT2D eigenvalue weighted by Gasteiger charge is -2.34. The number of anilines is 4. The molecule has 8 aromatic carbocycles. The number of nitrogens with zero attached hydrogens (tertiary/aromatic N) is 12. The quantitative estimate of drug-likeness (QED) is 0.0270. The number of benzene rings is 8. The summed E-state index contributed by atoms with van der Waals surface area (Å²) in [4.78, 5) is 86.6. The molecule has 0 radical (unpaired) electrons. The Labute approximate surface area is 858 Å². The van der Waals surface area contributed by atoms with Gasteiger partial charge in [0.15, 0.2) is 0 Å². The molecule has 0 saturated heterocycles. The van der Waals surface area contributed by atoms with Crippen LogP contribution >= 0.6 is 0 Å². The van der Waals surface area contributed by atoms with E-state index in [0.29, 0.717) is 74.1 Å². The Kier molecular flexibility index (Phi) is 36.8. The topological polar surface area (TPSA) is 183 Å². The molecule has 4 amide bonds. The predicted octanol–water partition coefficient (Wildman–Crippen LogP) is 28.9. The second kappa shape index (κ2) is 49.3. The van der Waals surface area contributed by atoms with Crippen molar-refractivity contribution in [3.63, 3.8) is 0 Å². The molecule has 5 saturated carbocycles. The van der Waals surface area contributed by atoms with Crippen LogP contribution in [0.3, 0.4) is 0 Å². The van der Waals surface area contributed by atoms with Crippen molar-refractivity contribution in [2.45, 2.75) is 229 Å². The van der Waals surface area contributed by atoms with Crippen LogP contribution in [0.4, 0.5) is 95.1 Å². The number of aromatic nitrogens is 4. The predicted molar refractivity (Wildman–Crippen MR) is 556 cm³/mol. The molecule has 5 aliphatic carbocycles. The van der Waals surface area contributed by atoms with Crippen molar-refractivity contribution < 1.29 is 90.8 Å². The van der Waals surface area contributed by atoms with Crippen molar-refractivity contribution in [1.82, 2.24) is 39.5 Å². The summed E-state index contributed by atoms with van der Waals surface area (Å²) in [6.07, 6.45) is -3.49. The first kappa shape index (κ1) is 111. The van der Waals surface area contributed by atoms with E-state index in [4.69, 9.17) is 38.9 Å². The smallest absolute Gasteiger partial charge is 0.416 e. The minimum Gasteiger partial charge on any atom is -0.453 e. The molecule has 32 heteroatoms. The molecule has 0 spiro atoms. The number of pyridine rings is 4. The summed E-state index contributed by atoms with van der Waals surface area (Å²) >= 11 is 0. The molecule has 5 fully saturated rings. The van der Waals surface area contributed by atoms with Gasteiger partial charge in [-0.15, -0.1) is 0 Å². The molecule has 790 valence electrons. The number of carbonyl (C=O) groups excluding carboxylic acids is 4. The lowest BCUT2D eigenvalue weighted by atomic mass is 9.85. The molecule has 4 heterocycles. The molecular weight excluding hydrogens is 1920 g/mol. The van der Waals surface area contributed by atoms with Gasteiger partial charge in [0.1, 0.15) is 23.3 Å². The molecule has 0 N–H and O–H groups in total. The minimum absolute atomic E-state index is 0.00597. The van der Waals surface area contributed by atoms with Gasteiger partial charge in [0.05, 0.1) is 98.4 Å². The second-order valence-corrected chi connectivity index (χ2v) is 40.2. The summed E-state index contributed by atoms with van der Waals surface area (Å²) in [5.41, 5.74) is 8.64. The van der Waals surface area contributed by atoms with Crippen LogP contribution in [0.2, 0.25) is 0 Å². The maximum Gasteiger partial charge on any atom is 0.416 e. The van der Waals surface area contributed by atoms with E-state index in [1.165, 1.54) is 124 Å². The highest BCUT2D eigenvalue weighted by atomic mass is 19.4. The number of amides is 4. The highest BCUT2D eigenvalue weighted by molar-refractivity contribution is 5.87. The first-order valence-electron chi connectivity index (χ1n) is 51.3. The first-order chi connectivity index (χ1) is 70.6. The summed E-state index contributed by atoms with van der Waals surface area (Å²) in [6.45, 7) is 24.3. The molecule has 148 heavy (non-hydrogen) atoms. The molecular formula is C116H134F12N12O8. The fourth-order valence-electron chi connectivity index (χ4n) is 19.8. The number of fused-ring (bicyclic) bond motifs is 4. The maximum atomic E-state index is 13.5. The fourth-order valence-corrected chi connectivity index (χ4v) is 19.8. The Balaban J connectivity index is 0.000000156. The fraction of sp³-hybridized carbons (Fsp3) is 0.448. The number of hydrogen-bond acceptors (Lipinski definition) is 16. The standard InChI is InChI=1S/C31H38F3N3O2.C30H34F3N3O2.C28H32F3N3O2.C27H30F3N3O2/c1-4-14-36(19-23-10-6-7-11-23)29-26(18-25-12-8-9-13-28(25)35-29)21-37(30(38)39-5-2)20-24-15-22(3)16-27(17-24)31(32,33)34;1-19-11-23(13-26(12-19)30(31,32)33)17-36(29(37)38-3)18-25-14-24-6-4-5-20(2)27(24)34-28(25)35(15-21-7-8-21)16-22-9-10-22;1-4-33(16-20-8-7-9-20)26-23(15-22-10-5-6-11-25(22)32-26)18-34(27(35)36-3)17-21-12-19(2)13-24(14-21)28(29,30)31;1-4-32(15-19-9-10-19)25-22(14-21-7-5-6-8-24(21)31-25)17-33(26(34)35-3)16-20-11-18(2)12-23(13-20)27(28,29)30/h8-9,12-13,15-18,23H,4-7,10-11,14,19-21H2,1-3H3;4-6,11-14,21-22H,7-10,15-18H2,1-3H3;5-6,10-15,20H,4,7-9,16-18H2,1-3H3;5-8,11-14,19H,4,9-10,15-17H2,1-3H3. The summed E-state index contributed by atoms with van der Waals surface area (Å²) < 4.78 is 182. The average Bonchev–Trinajstić information content (AvgIpc) is 1.68. The molecule has 20 nitrogen and oxygen atoms in total. The van der Waals surface area contributed by atoms with Gasteiger partial charge in [0.2, 0.25) is 0 Å². The maximum absolute atomic E-state index is 13.5. The van der Waals surface area contributed by atoms with Crippen LogP contribution in [-0.4, -0.2) is 144 Å². The van der Waals surface area contributed by atoms with Crippen molar-refractivity contribution in [2.75, 3.05) is 99.9 Å². The van der Waals surface area contributed by atoms with Gasteiger partial charge in [-0.3, -0.25) is 19.6 Å². The van der Waals surface area contributed by atoms with Crippen LogP contribution in [0.1, 0.15) is 212 Å². The van der Waals surface area contributed by atoms with Gasteiger partial charge in [-0.05, 0) is 274 Å². The Bertz CT molecular complexity index is 6580. The summed E-state index contributed by atoms with van der Waals surface area (Å²) in [5.74, 6) is 6.46. The van der Waals surface area contributed by atoms with Crippen molar-refractivity contribution >= 4 is 91.3 Å². The van der Waals surface area contributed by atoms with E-state index in [1.807, 2.05) is 110 Å². The highest BCUT2D eigenvalue weighted by Gasteiger charge is 2.39. The van der Waals surface area contributed by atoms with E-state index >= 15 is 0 Å². The Morgan fingerprint density at radius 3 is 0.892 bits per heavy atom. The Hall–Kier alpha value is -13.2. The number of hydrogen-bond donors (Lipinski definition) is 0. The van der Waals surface area contributed by atoms with Gasteiger partial charge in [0.25, 0.3) is 0 Å². The van der Waals surface area contributed by atoms with E-state index < -0.39 is 71.3 Å². The van der Waals surface area contributed by atoms with E-state index in [-0.39, 0.29) is 59.0 Å². The van der Waals surface area contributed by atoms with Gasteiger partial charge in [-0.2, -0.15) is 52.7 Å². The second-order valence-electron chi connectivity index (χ2n) is 40.2. The molecule has 17 rings (SSSR count). The first-order valence-corrected chi connectivity index (χ1v) is 51.3. The van der Waals surface area contributed by atoms with E-state index in [1.54, 1.807) is 58.9 Å². The van der Waals surface area contributed by atoms with Crippen LogP contribution < -0.4 is 19.6 Å². The molecule has 0 aliphatic heterocycles. The van der Waals surface area contributed by atoms with Gasteiger partial charge in [0, 0.05) is 122 Å². The molecule has 12 aromatic rings. The van der Waals surface area contributed by atoms with Gasteiger partial charge in [-0.1, -0.05) is 146 Å². The van der Waals surface area contributed by atoms with Gasteiger partial charge in [-0.25, -0.2) is 39.1 Å². The largest absolute Gasteiger partial charge is 0.453 e. The van der Waals surface area contributed by atoms with Crippen LogP contribution in [-0.2, 0) is 96.0 Å². The molecule has 5 aliphatic rings. The monoisotopic (exact) mass is 2050 g/mol. The number of alkyl halides is 12. The van der Waals surface area contributed by atoms with Crippen molar-refractivity contribution in [3.8, 4) is 0 Å². The van der Waals surface area contributed by atoms with Crippen LogP contribution in [0.25, 0.3) is 43.6 Å². The summed E-state index contributed by atoms with van der Waals surface area (Å²) in [5, 5.41) is 3.80. The van der Waals surface area contributed by atoms with E-state index in [9.17, 15) is 71.9 Å². The average molecular weight is 2050 g/mol. The van der Waals surface area contributed by atoms with Crippen molar-refractivity contribution in [2.24, 2.45) is 29.6 Å². The third kappa shape index (κ3) is 30.3. The lowest BCUT2D eigenvalue weighted by Crippen LogP contribution is -2.35. The number of halogens is 12. The normalized spacial score (nSPS) is 14.3. The van der Waals surface area contributed by atoms with E-state index in [0.717, 1.165) is 202 Å². The third-order valence-corrected chi connectivity index (χ3v) is 27.7. The number of para-hydroxylation sites is 4. The Morgan fingerprint density at radius 2 is 0.595 bits per heavy atom. The lowest BCUT2D eigenvalue weighted by molar-refractivity contribution is -0.138. The molecule has 4 aromatic heterocycles. The van der Waals surface area contributed by atoms with Crippen molar-refractivity contribution in [1.29, 1.82) is 0 Å². The number of aryl methyl sites for hydroxylation is 5. The SMILES string of the molecule is CCCN(CC1CCCC1)c1nc2ccccc2cc1CN(Cc1cc(C)cc(C(F)(F)F)c1)C(=O)OCC.CCN(CC1CC1)c1nc2ccccc2cc1CN(Cc1cc(C)cc(C(F)(F)F)c1)C(=O)OC.CCN(CC1CCC1)c1nc2ccccc2cc1CN(Cc1cc(C)cc(C(F)(F)F)c1)C(=O)OC.COC(=O)N(Cc1cc(C)cc(C(F)(F)F)c1)Cc1cc2cccc(C)c2nc1N(CC1CC1)CC1CC1. The highest BCUT2D eigenvalue weighted by Crippen LogP contribution is 2.43. The molecule has 0 bridgehead atoms. The summed E-state index contributed by atoms with van der Waals surface area (Å²) in [6, 6.07) is 53.2. The molecule has 0 unspecified atom stereocenters. The van der Waals surface area contributed by atoms with E-state index in [2.05, 4.69) is 52.5 Å². The zero-order chi connectivity index (χ0) is 106. The zero-order valence-corrected chi connectivity index (χ0v) is 86.4. The number of rotatable bonds is 35. The van der Waals surface area contributed by atoms with Gasteiger partial charge >= 0.3 is 49.1 Å². The summed E-state index contributed by atoms with van der Waals surface area (Å²) in [7, 11) is 3.85. The van der Waals surface area contributed by atoms with Crippen LogP contribution in [0, 0.1) is 64.2 Å². The Morgan fingerprint density at radius 1 is 0.311 bits per heavy atom. The van der Waals surface area contributed by atoms with Crippen molar-refractivity contribution in [3.05, 3.63) is 283 Å². The zero-order valence-electron chi connectivity index (χ0n) is 86.4. The van der Waals surface area contributed by atoms with Crippen LogP contribution in [0.5, 0.6) is 0 Å². The molecule has 0 atom stereocenters. The number of ether oxygens (including phenoxy) is 4. The number of methoxy groups -OCH3 is 3. The minimum atomic E-state index is -4.47. The van der Waals surface area contributed by atoms with Gasteiger partial charge < -0.3 is 38.5 Å². The van der Waals surface area contributed by atoms with Crippen LogP contribution in [0.15, 0.2) is 188 Å². The third-order valence-electron chi connectivity index (χ3n) is 27.7. The number of carbonyl (C=O) groups is 4.